The molecule has 0 rings (SSSR count). The molecule has 0 radical (unpaired) electrons. The van der Waals surface area contributed by atoms with Gasteiger partial charge in [-0.3, -0.25) is 4.79 Å². The minimum atomic E-state index is -1.18. The monoisotopic (exact) mass is 132 g/mol. The Morgan fingerprint density at radius 2 is 2.11 bits per heavy atom. The third-order valence-electron chi connectivity index (χ3n) is 1.15. The first-order valence-electron chi connectivity index (χ1n) is 3.31. The molecular weight excluding hydrogens is 119 g/mol. The van der Waals surface area contributed by atoms with Crippen molar-refractivity contribution in [2.75, 3.05) is 0 Å². The molecule has 0 fully saturated rings. The first-order chi connectivity index (χ1) is 4.13. The number of carbonyl (C=O) groups is 1. The predicted molar refractivity (Wildman–Crippen MR) is 34.8 cm³/mol. The summed E-state index contributed by atoms with van der Waals surface area (Å²) in [5, 5.41) is 0. The molecule has 0 saturated carbocycles. The number of halogens is 1. The Morgan fingerprint density at radius 1 is 1.56 bits per heavy atom. The van der Waals surface area contributed by atoms with Crippen molar-refractivity contribution in [3.8, 4) is 0 Å². The molecule has 0 aliphatic carbocycles. The quantitative estimate of drug-likeness (QED) is 0.536. The average Bonchev–Trinajstić information content (AvgIpc) is 1.63. The molecular formula is C7H13FO. The molecule has 0 aromatic carbocycles. The lowest BCUT2D eigenvalue weighted by molar-refractivity contribution is -0.129. The van der Waals surface area contributed by atoms with Crippen molar-refractivity contribution < 1.29 is 9.18 Å². The number of hydrogen-bond acceptors (Lipinski definition) is 1. The smallest absolute Gasteiger partial charge is 0.261 e. The predicted octanol–water partition coefficient (Wildman–Crippen LogP) is 2.31. The van der Waals surface area contributed by atoms with Crippen molar-refractivity contribution in [1.29, 1.82) is 0 Å². The van der Waals surface area contributed by atoms with Gasteiger partial charge in [0, 0.05) is 6.42 Å². The first-order valence-corrected chi connectivity index (χ1v) is 3.31. The van der Waals surface area contributed by atoms with E-state index >= 15 is 0 Å². The van der Waals surface area contributed by atoms with E-state index in [0.29, 0.717) is 12.3 Å². The number of hydrogen-bond donors (Lipinski definition) is 0. The normalized spacial score (nSPS) is 10.2. The Balaban J connectivity index is 3.01. The molecule has 54 valence electrons. The van der Waals surface area contributed by atoms with Gasteiger partial charge in [0.25, 0.3) is 0 Å². The highest BCUT2D eigenvalue weighted by molar-refractivity contribution is 5.67. The Hall–Kier alpha value is -0.400. The third-order valence-corrected chi connectivity index (χ3v) is 1.15. The molecule has 0 aromatic heterocycles. The fourth-order valence-electron chi connectivity index (χ4n) is 0.649. The highest BCUT2D eigenvalue weighted by Crippen LogP contribution is 2.06. The topological polar surface area (TPSA) is 17.1 Å². The van der Waals surface area contributed by atoms with Crippen LogP contribution in [0.15, 0.2) is 0 Å². The fraction of sp³-hybridized carbons (Fsp3) is 0.857. The minimum Gasteiger partial charge on any atom is -0.261 e. The van der Waals surface area contributed by atoms with Crippen molar-refractivity contribution in [2.24, 2.45) is 5.92 Å². The van der Waals surface area contributed by atoms with Gasteiger partial charge in [-0.2, -0.15) is 4.39 Å². The van der Waals surface area contributed by atoms with E-state index in [4.69, 9.17) is 0 Å². The van der Waals surface area contributed by atoms with Crippen LogP contribution in [0, 0.1) is 5.92 Å². The highest BCUT2D eigenvalue weighted by atomic mass is 19.1. The van der Waals surface area contributed by atoms with Crippen LogP contribution in [0.5, 0.6) is 0 Å². The standard InChI is InChI=1S/C7H13FO/c1-6(2)4-3-5-7(8)9/h6H,3-5H2,1-2H3. The van der Waals surface area contributed by atoms with E-state index in [1.54, 1.807) is 0 Å². The van der Waals surface area contributed by atoms with E-state index in [1.165, 1.54) is 0 Å². The molecule has 0 atom stereocenters. The largest absolute Gasteiger partial charge is 0.301 e. The zero-order chi connectivity index (χ0) is 7.28. The maximum absolute atomic E-state index is 11.5. The first kappa shape index (κ1) is 8.60. The van der Waals surface area contributed by atoms with Crippen LogP contribution in [0.25, 0.3) is 0 Å². The fourth-order valence-corrected chi connectivity index (χ4v) is 0.649. The Kier molecular flexibility index (Phi) is 4.28. The molecule has 0 amide bonds. The van der Waals surface area contributed by atoms with Crippen LogP contribution < -0.4 is 0 Å². The molecule has 1 nitrogen and oxygen atoms in total. The van der Waals surface area contributed by atoms with Gasteiger partial charge in [0.05, 0.1) is 0 Å². The summed E-state index contributed by atoms with van der Waals surface area (Å²) < 4.78 is 11.5. The van der Waals surface area contributed by atoms with Crippen molar-refractivity contribution >= 4 is 6.04 Å². The third kappa shape index (κ3) is 7.60. The molecule has 0 saturated heterocycles. The molecule has 0 heterocycles. The Bertz CT molecular complexity index is 88.9. The molecule has 0 aliphatic heterocycles. The van der Waals surface area contributed by atoms with Crippen LogP contribution in [-0.2, 0) is 4.79 Å². The summed E-state index contributed by atoms with van der Waals surface area (Å²) in [6, 6.07) is -1.18. The molecule has 0 aliphatic rings. The van der Waals surface area contributed by atoms with Crippen molar-refractivity contribution in [3.63, 3.8) is 0 Å². The summed E-state index contributed by atoms with van der Waals surface area (Å²) in [4.78, 5) is 9.76. The van der Waals surface area contributed by atoms with Crippen molar-refractivity contribution in [1.82, 2.24) is 0 Å². The number of rotatable bonds is 4. The van der Waals surface area contributed by atoms with E-state index in [0.717, 1.165) is 6.42 Å². The van der Waals surface area contributed by atoms with E-state index in [-0.39, 0.29) is 6.42 Å². The van der Waals surface area contributed by atoms with Crippen LogP contribution in [0.3, 0.4) is 0 Å². The van der Waals surface area contributed by atoms with Gasteiger partial charge in [-0.25, -0.2) is 0 Å². The summed E-state index contributed by atoms with van der Waals surface area (Å²) in [5.41, 5.74) is 0. The van der Waals surface area contributed by atoms with Crippen LogP contribution in [-0.4, -0.2) is 6.04 Å². The maximum atomic E-state index is 11.5. The van der Waals surface area contributed by atoms with E-state index < -0.39 is 6.04 Å². The van der Waals surface area contributed by atoms with Crippen LogP contribution in [0.2, 0.25) is 0 Å². The number of carbonyl (C=O) groups excluding carboxylic acids is 1. The maximum Gasteiger partial charge on any atom is 0.301 e. The second kappa shape index (κ2) is 4.48. The van der Waals surface area contributed by atoms with Crippen molar-refractivity contribution in [3.05, 3.63) is 0 Å². The molecule has 0 unspecified atom stereocenters. The van der Waals surface area contributed by atoms with E-state index in [1.807, 2.05) is 0 Å². The second-order valence-electron chi connectivity index (χ2n) is 2.64. The second-order valence-corrected chi connectivity index (χ2v) is 2.64. The van der Waals surface area contributed by atoms with Gasteiger partial charge in [0.15, 0.2) is 0 Å². The summed E-state index contributed by atoms with van der Waals surface area (Å²) in [5.74, 6) is 0.573. The lowest BCUT2D eigenvalue weighted by Gasteiger charge is -1.99. The zero-order valence-corrected chi connectivity index (χ0v) is 5.98. The highest BCUT2D eigenvalue weighted by Gasteiger charge is 1.98. The molecule has 9 heavy (non-hydrogen) atoms. The summed E-state index contributed by atoms with van der Waals surface area (Å²) in [7, 11) is 0. The zero-order valence-electron chi connectivity index (χ0n) is 5.98. The SMILES string of the molecule is CC(C)CCCC(=O)F. The molecule has 0 N–H and O–H groups in total. The van der Waals surface area contributed by atoms with Gasteiger partial charge in [-0.15, -0.1) is 0 Å². The van der Waals surface area contributed by atoms with Gasteiger partial charge in [-0.1, -0.05) is 20.3 Å². The van der Waals surface area contributed by atoms with Gasteiger partial charge in [-0.05, 0) is 12.3 Å². The summed E-state index contributed by atoms with van der Waals surface area (Å²) in [6.07, 6.45) is 1.72. The molecule has 0 bridgehead atoms. The Morgan fingerprint density at radius 3 is 2.44 bits per heavy atom. The summed E-state index contributed by atoms with van der Waals surface area (Å²) in [6.45, 7) is 4.12. The lowest BCUT2D eigenvalue weighted by atomic mass is 10.1. The van der Waals surface area contributed by atoms with Gasteiger partial charge >= 0.3 is 6.04 Å². The van der Waals surface area contributed by atoms with Crippen LogP contribution in [0.4, 0.5) is 4.39 Å². The van der Waals surface area contributed by atoms with Gasteiger partial charge in [0.1, 0.15) is 0 Å². The van der Waals surface area contributed by atoms with E-state index in [9.17, 15) is 9.18 Å². The van der Waals surface area contributed by atoms with Crippen molar-refractivity contribution in [2.45, 2.75) is 33.1 Å². The minimum absolute atomic E-state index is 0.0954. The lowest BCUT2D eigenvalue weighted by Crippen LogP contribution is -1.91. The van der Waals surface area contributed by atoms with Gasteiger partial charge in [0.2, 0.25) is 0 Å². The van der Waals surface area contributed by atoms with Crippen LogP contribution in [0.1, 0.15) is 33.1 Å². The van der Waals surface area contributed by atoms with Gasteiger partial charge < -0.3 is 0 Å². The van der Waals surface area contributed by atoms with Crippen LogP contribution >= 0.6 is 0 Å². The van der Waals surface area contributed by atoms with E-state index in [2.05, 4.69) is 13.8 Å². The molecule has 2 heteroatoms. The molecule has 0 spiro atoms. The summed E-state index contributed by atoms with van der Waals surface area (Å²) >= 11 is 0. The Labute approximate surface area is 55.3 Å². The molecule has 0 aromatic rings. The average molecular weight is 132 g/mol.